The van der Waals surface area contributed by atoms with Gasteiger partial charge in [-0.2, -0.15) is 0 Å². The smallest absolute Gasteiger partial charge is 0.339 e. The summed E-state index contributed by atoms with van der Waals surface area (Å²) < 4.78 is 4.69. The molecule has 0 saturated carbocycles. The van der Waals surface area contributed by atoms with Gasteiger partial charge < -0.3 is 21.2 Å². The number of anilines is 2. The lowest BCUT2D eigenvalue weighted by atomic mass is 10.2. The first kappa shape index (κ1) is 15.2. The number of rotatable bonds is 3. The maximum absolute atomic E-state index is 11.8. The van der Waals surface area contributed by atoms with Gasteiger partial charge in [-0.15, -0.1) is 0 Å². The Kier molecular flexibility index (Phi) is 4.39. The number of aromatic amines is 1. The van der Waals surface area contributed by atoms with E-state index in [4.69, 9.17) is 23.1 Å². The zero-order valence-electron chi connectivity index (χ0n) is 10.8. The molecular formula is C12H11ClN4O3S. The molecule has 1 aromatic heterocycles. The van der Waals surface area contributed by atoms with E-state index in [0.29, 0.717) is 10.6 Å². The van der Waals surface area contributed by atoms with Crippen molar-refractivity contribution in [2.24, 2.45) is 0 Å². The van der Waals surface area contributed by atoms with Crippen molar-refractivity contribution >= 4 is 40.8 Å². The van der Waals surface area contributed by atoms with Crippen LogP contribution in [0.1, 0.15) is 10.4 Å². The first-order chi connectivity index (χ1) is 9.90. The minimum atomic E-state index is -0.599. The van der Waals surface area contributed by atoms with Gasteiger partial charge in [0.1, 0.15) is 5.82 Å². The van der Waals surface area contributed by atoms with Crippen LogP contribution in [-0.2, 0) is 4.74 Å². The van der Waals surface area contributed by atoms with Gasteiger partial charge in [0.05, 0.1) is 17.7 Å². The minimum Gasteiger partial charge on any atom is -0.465 e. The molecule has 0 aliphatic rings. The van der Waals surface area contributed by atoms with Crippen LogP contribution >= 0.6 is 23.4 Å². The van der Waals surface area contributed by atoms with Crippen LogP contribution in [0.5, 0.6) is 0 Å². The summed E-state index contributed by atoms with van der Waals surface area (Å²) >= 11 is 7.09. The number of carbonyl (C=O) groups is 1. The molecule has 0 bridgehead atoms. The Morgan fingerprint density at radius 1 is 1.38 bits per heavy atom. The average molecular weight is 327 g/mol. The van der Waals surface area contributed by atoms with E-state index in [1.54, 1.807) is 0 Å². The molecule has 0 amide bonds. The topological polar surface area (TPSA) is 124 Å². The molecule has 2 aromatic rings. The third-order valence-corrected chi connectivity index (χ3v) is 3.85. The Hall–Kier alpha value is -2.19. The highest BCUT2D eigenvalue weighted by Crippen LogP contribution is 2.36. The Bertz CT molecular complexity index is 763. The number of H-pyrrole nitrogens is 1. The van der Waals surface area contributed by atoms with Crippen LogP contribution in [0.25, 0.3) is 0 Å². The standard InChI is InChI=1S/C12H11ClN4O3S/c1-20-11(19)6-2-5(14)3-7(13)10(6)21-12-16-8(15)4-9(18)17-12/h2-4H,14H2,1H3,(H3,15,16,17,18). The molecule has 0 fully saturated rings. The van der Waals surface area contributed by atoms with E-state index in [9.17, 15) is 9.59 Å². The van der Waals surface area contributed by atoms with Crippen LogP contribution < -0.4 is 17.0 Å². The van der Waals surface area contributed by atoms with Crippen molar-refractivity contribution in [1.29, 1.82) is 0 Å². The van der Waals surface area contributed by atoms with Crippen molar-refractivity contribution in [1.82, 2.24) is 9.97 Å². The van der Waals surface area contributed by atoms with E-state index in [1.165, 1.54) is 19.2 Å². The number of esters is 1. The number of nitrogen functional groups attached to an aromatic ring is 2. The molecule has 1 heterocycles. The van der Waals surface area contributed by atoms with Crippen LogP contribution in [-0.4, -0.2) is 23.0 Å². The lowest BCUT2D eigenvalue weighted by Gasteiger charge is -2.10. The van der Waals surface area contributed by atoms with E-state index < -0.39 is 11.5 Å². The lowest BCUT2D eigenvalue weighted by Crippen LogP contribution is -2.10. The van der Waals surface area contributed by atoms with Crippen molar-refractivity contribution in [3.8, 4) is 0 Å². The first-order valence-electron chi connectivity index (χ1n) is 5.62. The Morgan fingerprint density at radius 3 is 2.71 bits per heavy atom. The van der Waals surface area contributed by atoms with Crippen molar-refractivity contribution in [2.75, 3.05) is 18.6 Å². The molecule has 5 N–H and O–H groups in total. The van der Waals surface area contributed by atoms with E-state index in [0.717, 1.165) is 17.8 Å². The number of ether oxygens (including phenoxy) is 1. The lowest BCUT2D eigenvalue weighted by molar-refractivity contribution is 0.0597. The van der Waals surface area contributed by atoms with Crippen molar-refractivity contribution < 1.29 is 9.53 Å². The summed E-state index contributed by atoms with van der Waals surface area (Å²) in [5.41, 5.74) is 11.3. The van der Waals surface area contributed by atoms with Crippen molar-refractivity contribution in [3.05, 3.63) is 39.1 Å². The second-order valence-electron chi connectivity index (χ2n) is 3.95. The summed E-state index contributed by atoms with van der Waals surface area (Å²) in [6.45, 7) is 0. The second kappa shape index (κ2) is 6.06. The molecule has 0 unspecified atom stereocenters. The number of nitrogens with zero attached hydrogens (tertiary/aromatic N) is 1. The number of carbonyl (C=O) groups excluding carboxylic acids is 1. The van der Waals surface area contributed by atoms with E-state index in [1.807, 2.05) is 0 Å². The number of methoxy groups -OCH3 is 1. The van der Waals surface area contributed by atoms with Gasteiger partial charge in [-0.3, -0.25) is 4.79 Å². The summed E-state index contributed by atoms with van der Waals surface area (Å²) in [5, 5.41) is 0.447. The molecule has 110 valence electrons. The van der Waals surface area contributed by atoms with Gasteiger partial charge in [-0.25, -0.2) is 9.78 Å². The zero-order chi connectivity index (χ0) is 15.6. The fourth-order valence-electron chi connectivity index (χ4n) is 1.58. The fraction of sp³-hybridized carbons (Fsp3) is 0.0833. The monoisotopic (exact) mass is 326 g/mol. The predicted octanol–water partition coefficient (Wildman–Crippen LogP) is 1.53. The third kappa shape index (κ3) is 3.47. The highest BCUT2D eigenvalue weighted by Gasteiger charge is 2.18. The van der Waals surface area contributed by atoms with Crippen LogP contribution in [0.4, 0.5) is 11.5 Å². The van der Waals surface area contributed by atoms with Crippen LogP contribution in [0.15, 0.2) is 33.0 Å². The highest BCUT2D eigenvalue weighted by molar-refractivity contribution is 7.99. The molecular weight excluding hydrogens is 316 g/mol. The van der Waals surface area contributed by atoms with Gasteiger partial charge in [0.15, 0.2) is 5.16 Å². The molecule has 0 radical (unpaired) electrons. The molecule has 7 nitrogen and oxygen atoms in total. The molecule has 21 heavy (non-hydrogen) atoms. The fourth-order valence-corrected chi connectivity index (χ4v) is 2.83. The van der Waals surface area contributed by atoms with Gasteiger partial charge in [0.2, 0.25) is 0 Å². The normalized spacial score (nSPS) is 10.4. The molecule has 9 heteroatoms. The number of nitrogens with two attached hydrogens (primary N) is 2. The van der Waals surface area contributed by atoms with Crippen LogP contribution in [0, 0.1) is 0 Å². The Balaban J connectivity index is 2.52. The molecule has 0 aliphatic heterocycles. The number of hydrogen-bond acceptors (Lipinski definition) is 7. The van der Waals surface area contributed by atoms with Gasteiger partial charge in [0.25, 0.3) is 5.56 Å². The molecule has 0 spiro atoms. The van der Waals surface area contributed by atoms with E-state index >= 15 is 0 Å². The first-order valence-corrected chi connectivity index (χ1v) is 6.82. The number of nitrogens with one attached hydrogen (secondary N) is 1. The van der Waals surface area contributed by atoms with E-state index in [2.05, 4.69) is 14.7 Å². The third-order valence-electron chi connectivity index (χ3n) is 2.41. The Labute approximate surface area is 128 Å². The molecule has 0 atom stereocenters. The average Bonchev–Trinajstić information content (AvgIpc) is 2.39. The largest absolute Gasteiger partial charge is 0.465 e. The summed E-state index contributed by atoms with van der Waals surface area (Å²) in [6, 6.07) is 4.07. The summed E-state index contributed by atoms with van der Waals surface area (Å²) in [4.78, 5) is 30.0. The van der Waals surface area contributed by atoms with Crippen LogP contribution in [0.3, 0.4) is 0 Å². The minimum absolute atomic E-state index is 0.0624. The van der Waals surface area contributed by atoms with Crippen molar-refractivity contribution in [3.63, 3.8) is 0 Å². The molecule has 0 saturated heterocycles. The highest BCUT2D eigenvalue weighted by atomic mass is 35.5. The van der Waals surface area contributed by atoms with Crippen molar-refractivity contribution in [2.45, 2.75) is 10.1 Å². The van der Waals surface area contributed by atoms with E-state index in [-0.39, 0.29) is 21.6 Å². The maximum atomic E-state index is 11.8. The summed E-state index contributed by atoms with van der Waals surface area (Å²) in [7, 11) is 1.24. The van der Waals surface area contributed by atoms with Gasteiger partial charge in [-0.05, 0) is 23.9 Å². The van der Waals surface area contributed by atoms with Crippen LogP contribution in [0.2, 0.25) is 5.02 Å². The number of aromatic nitrogens is 2. The summed E-state index contributed by atoms with van der Waals surface area (Å²) in [6.07, 6.45) is 0. The Morgan fingerprint density at radius 2 is 2.10 bits per heavy atom. The SMILES string of the molecule is COC(=O)c1cc(N)cc(Cl)c1Sc1nc(N)cc(=O)[nH]1. The summed E-state index contributed by atoms with van der Waals surface area (Å²) in [5.74, 6) is -0.537. The second-order valence-corrected chi connectivity index (χ2v) is 5.35. The number of halogens is 1. The zero-order valence-corrected chi connectivity index (χ0v) is 12.4. The number of hydrogen-bond donors (Lipinski definition) is 3. The number of benzene rings is 1. The predicted molar refractivity (Wildman–Crippen MR) is 80.6 cm³/mol. The van der Waals surface area contributed by atoms with Gasteiger partial charge in [-0.1, -0.05) is 11.6 Å². The molecule has 2 rings (SSSR count). The maximum Gasteiger partial charge on any atom is 0.339 e. The molecule has 1 aromatic carbocycles. The van der Waals surface area contributed by atoms with Gasteiger partial charge >= 0.3 is 5.97 Å². The quantitative estimate of drug-likeness (QED) is 0.443. The molecule has 0 aliphatic carbocycles. The van der Waals surface area contributed by atoms with Gasteiger partial charge in [0, 0.05) is 16.6 Å².